The summed E-state index contributed by atoms with van der Waals surface area (Å²) in [6.07, 6.45) is 5.56. The lowest BCUT2D eigenvalue weighted by molar-refractivity contribution is -0.0548. The highest BCUT2D eigenvalue weighted by Gasteiger charge is 2.39. The molecule has 1 aliphatic rings. The minimum Gasteiger partial charge on any atom is -0.366 e. The molecule has 1 heterocycles. The summed E-state index contributed by atoms with van der Waals surface area (Å²) in [5, 5.41) is 0. The number of halogens is 1. The fourth-order valence-electron chi connectivity index (χ4n) is 3.05. The molecule has 1 nitrogen and oxygen atoms in total. The van der Waals surface area contributed by atoms with Crippen molar-refractivity contribution in [3.05, 3.63) is 35.1 Å². The zero-order chi connectivity index (χ0) is 13.9. The molecule has 19 heavy (non-hydrogen) atoms. The smallest absolute Gasteiger partial charge is 0.123 e. The van der Waals surface area contributed by atoms with Crippen LogP contribution in [-0.2, 0) is 16.9 Å². The van der Waals surface area contributed by atoms with Gasteiger partial charge in [0.2, 0.25) is 0 Å². The molecule has 2 atom stereocenters. The quantitative estimate of drug-likeness (QED) is 0.688. The number of hydrogen-bond acceptors (Lipinski definition) is 1. The van der Waals surface area contributed by atoms with E-state index in [1.54, 1.807) is 12.1 Å². The van der Waals surface area contributed by atoms with Crippen molar-refractivity contribution in [2.24, 2.45) is 5.92 Å². The molecule has 0 saturated heterocycles. The summed E-state index contributed by atoms with van der Waals surface area (Å²) in [6.45, 7) is 7.28. The molecule has 1 aromatic rings. The van der Waals surface area contributed by atoms with Crippen LogP contribution in [0.3, 0.4) is 0 Å². The fourth-order valence-corrected chi connectivity index (χ4v) is 3.05. The van der Waals surface area contributed by atoms with E-state index in [9.17, 15) is 4.39 Å². The molecule has 0 spiro atoms. The maximum atomic E-state index is 13.3. The van der Waals surface area contributed by atoms with E-state index in [0.717, 1.165) is 30.7 Å². The first-order valence-electron chi connectivity index (χ1n) is 7.54. The molecular formula is C17H25FO. The Morgan fingerprint density at radius 3 is 2.79 bits per heavy atom. The summed E-state index contributed by atoms with van der Waals surface area (Å²) >= 11 is 0. The van der Waals surface area contributed by atoms with Crippen molar-refractivity contribution in [1.29, 1.82) is 0 Å². The highest BCUT2D eigenvalue weighted by molar-refractivity contribution is 5.36. The predicted octanol–water partition coefficient (Wildman–Crippen LogP) is 5.18. The summed E-state index contributed by atoms with van der Waals surface area (Å²) in [5.41, 5.74) is 2.10. The molecule has 1 aromatic carbocycles. The molecule has 0 aliphatic carbocycles. The average Bonchev–Trinajstić information content (AvgIpc) is 2.75. The lowest BCUT2D eigenvalue weighted by Crippen LogP contribution is -2.26. The van der Waals surface area contributed by atoms with Crippen LogP contribution in [0.15, 0.2) is 18.2 Å². The van der Waals surface area contributed by atoms with E-state index in [1.807, 2.05) is 6.07 Å². The molecular weight excluding hydrogens is 239 g/mol. The van der Waals surface area contributed by atoms with Gasteiger partial charge in [-0.05, 0) is 48.4 Å². The van der Waals surface area contributed by atoms with Crippen LogP contribution in [0.5, 0.6) is 0 Å². The Labute approximate surface area is 116 Å². The van der Waals surface area contributed by atoms with E-state index in [0.29, 0.717) is 6.61 Å². The Kier molecular flexibility index (Phi) is 4.62. The molecule has 0 bridgehead atoms. The standard InChI is InChI=1S/C17H25FO/c1-4-9-17(10-8-13(3)5-2)16-7-6-15(18)11-14(16)12-19-17/h6-7,11,13H,4-5,8-10,12H2,1-3H3. The third kappa shape index (κ3) is 3.00. The van der Waals surface area contributed by atoms with Crippen LogP contribution in [0.1, 0.15) is 64.0 Å². The Morgan fingerprint density at radius 1 is 1.32 bits per heavy atom. The molecule has 0 amide bonds. The van der Waals surface area contributed by atoms with Gasteiger partial charge in [-0.3, -0.25) is 0 Å². The zero-order valence-corrected chi connectivity index (χ0v) is 12.3. The molecule has 0 aromatic heterocycles. The normalized spacial score (nSPS) is 23.4. The highest BCUT2D eigenvalue weighted by Crippen LogP contribution is 2.44. The van der Waals surface area contributed by atoms with Crippen molar-refractivity contribution in [2.45, 2.75) is 65.1 Å². The van der Waals surface area contributed by atoms with Crippen LogP contribution in [0.2, 0.25) is 0 Å². The van der Waals surface area contributed by atoms with Gasteiger partial charge in [0, 0.05) is 0 Å². The van der Waals surface area contributed by atoms with Gasteiger partial charge in [-0.1, -0.05) is 39.7 Å². The van der Waals surface area contributed by atoms with Crippen molar-refractivity contribution >= 4 is 0 Å². The molecule has 0 N–H and O–H groups in total. The van der Waals surface area contributed by atoms with E-state index in [2.05, 4.69) is 20.8 Å². The van der Waals surface area contributed by atoms with Gasteiger partial charge in [-0.25, -0.2) is 4.39 Å². The molecule has 0 radical (unpaired) electrons. The Balaban J connectivity index is 2.22. The second-order valence-electron chi connectivity index (χ2n) is 5.89. The average molecular weight is 264 g/mol. The molecule has 2 unspecified atom stereocenters. The Morgan fingerprint density at radius 2 is 2.11 bits per heavy atom. The fraction of sp³-hybridized carbons (Fsp3) is 0.647. The van der Waals surface area contributed by atoms with Gasteiger partial charge >= 0.3 is 0 Å². The number of ether oxygens (including phenoxy) is 1. The van der Waals surface area contributed by atoms with Gasteiger partial charge < -0.3 is 4.74 Å². The van der Waals surface area contributed by atoms with Gasteiger partial charge in [0.1, 0.15) is 5.82 Å². The Bertz CT molecular complexity index is 429. The maximum Gasteiger partial charge on any atom is 0.123 e. The monoisotopic (exact) mass is 264 g/mol. The molecule has 106 valence electrons. The van der Waals surface area contributed by atoms with Crippen molar-refractivity contribution in [1.82, 2.24) is 0 Å². The van der Waals surface area contributed by atoms with Gasteiger partial charge in [0.15, 0.2) is 0 Å². The van der Waals surface area contributed by atoms with Crippen molar-refractivity contribution in [2.75, 3.05) is 0 Å². The largest absolute Gasteiger partial charge is 0.366 e. The summed E-state index contributed by atoms with van der Waals surface area (Å²) in [5.74, 6) is 0.568. The summed E-state index contributed by atoms with van der Waals surface area (Å²) in [6, 6.07) is 5.14. The van der Waals surface area contributed by atoms with Crippen molar-refractivity contribution in [3.63, 3.8) is 0 Å². The molecule has 2 heteroatoms. The highest BCUT2D eigenvalue weighted by atomic mass is 19.1. The summed E-state index contributed by atoms with van der Waals surface area (Å²) < 4.78 is 19.4. The molecule has 1 aliphatic heterocycles. The van der Waals surface area contributed by atoms with Gasteiger partial charge in [-0.15, -0.1) is 0 Å². The third-order valence-electron chi connectivity index (χ3n) is 4.45. The van der Waals surface area contributed by atoms with Crippen LogP contribution < -0.4 is 0 Å². The van der Waals surface area contributed by atoms with E-state index >= 15 is 0 Å². The summed E-state index contributed by atoms with van der Waals surface area (Å²) in [7, 11) is 0. The zero-order valence-electron chi connectivity index (χ0n) is 12.3. The Hall–Kier alpha value is -0.890. The maximum absolute atomic E-state index is 13.3. The minimum atomic E-state index is -0.165. The van der Waals surface area contributed by atoms with E-state index in [4.69, 9.17) is 4.74 Å². The van der Waals surface area contributed by atoms with Crippen LogP contribution in [0.25, 0.3) is 0 Å². The van der Waals surface area contributed by atoms with Gasteiger partial charge in [-0.2, -0.15) is 0 Å². The first-order chi connectivity index (χ1) is 9.11. The minimum absolute atomic E-state index is 0.156. The summed E-state index contributed by atoms with van der Waals surface area (Å²) in [4.78, 5) is 0. The van der Waals surface area contributed by atoms with E-state index < -0.39 is 0 Å². The first kappa shape index (κ1) is 14.5. The predicted molar refractivity (Wildman–Crippen MR) is 76.5 cm³/mol. The second kappa shape index (κ2) is 6.04. The van der Waals surface area contributed by atoms with E-state index in [1.165, 1.54) is 18.4 Å². The van der Waals surface area contributed by atoms with Gasteiger partial charge in [0.25, 0.3) is 0 Å². The lowest BCUT2D eigenvalue weighted by Gasteiger charge is -2.30. The number of fused-ring (bicyclic) bond motifs is 1. The van der Waals surface area contributed by atoms with Crippen LogP contribution in [0, 0.1) is 11.7 Å². The third-order valence-corrected chi connectivity index (χ3v) is 4.45. The van der Waals surface area contributed by atoms with E-state index in [-0.39, 0.29) is 11.4 Å². The number of hydrogen-bond donors (Lipinski definition) is 0. The molecule has 0 fully saturated rings. The topological polar surface area (TPSA) is 9.23 Å². The number of benzene rings is 1. The van der Waals surface area contributed by atoms with Crippen LogP contribution >= 0.6 is 0 Å². The van der Waals surface area contributed by atoms with Crippen molar-refractivity contribution < 1.29 is 9.13 Å². The van der Waals surface area contributed by atoms with Crippen LogP contribution in [0.4, 0.5) is 4.39 Å². The van der Waals surface area contributed by atoms with Gasteiger partial charge in [0.05, 0.1) is 12.2 Å². The van der Waals surface area contributed by atoms with Crippen LogP contribution in [-0.4, -0.2) is 0 Å². The SMILES string of the molecule is CCCC1(CCC(C)CC)OCc2cc(F)ccc21. The number of rotatable bonds is 6. The second-order valence-corrected chi connectivity index (χ2v) is 5.89. The lowest BCUT2D eigenvalue weighted by atomic mass is 9.82. The molecule has 0 saturated carbocycles. The van der Waals surface area contributed by atoms with Crippen molar-refractivity contribution in [3.8, 4) is 0 Å². The molecule has 2 rings (SSSR count). The first-order valence-corrected chi connectivity index (χ1v) is 7.54.